The first-order chi connectivity index (χ1) is 40.6. The third kappa shape index (κ3) is 9.01. The van der Waals surface area contributed by atoms with Crippen molar-refractivity contribution in [2.45, 2.75) is 162 Å². The van der Waals surface area contributed by atoms with Crippen LogP contribution in [0.1, 0.15) is 199 Å². The number of aryl methyl sites for hydroxylation is 8. The Labute approximate surface area is 528 Å². The number of allylic oxidation sites excluding steroid dienone is 8. The van der Waals surface area contributed by atoms with Crippen molar-refractivity contribution in [3.8, 4) is 44.5 Å². The number of hydrogen-bond acceptors (Lipinski definition) is 4. The monoisotopic (exact) mass is 1220 g/mol. The molecule has 8 aromatic rings. The van der Waals surface area contributed by atoms with Gasteiger partial charge in [-0.2, -0.15) is 0 Å². The van der Waals surface area contributed by atoms with E-state index in [-0.39, 0.29) is 33.6 Å². The van der Waals surface area contributed by atoms with E-state index < -0.39 is 0 Å². The van der Waals surface area contributed by atoms with Gasteiger partial charge in [-0.1, -0.05) is 173 Å². The van der Waals surface area contributed by atoms with Crippen molar-refractivity contribution in [3.05, 3.63) is 163 Å². The molecule has 438 valence electrons. The molecule has 2 aromatic carbocycles. The minimum atomic E-state index is 0. The molecule has 10 heterocycles. The van der Waals surface area contributed by atoms with Crippen LogP contribution in [0.2, 0.25) is 0 Å². The standard InChI is InChI=1S/C76H76N8.2Co/c1-17-45-37(9)57-31-65-49(21-5)41(13)73(81-65)71(74-42(14)50(22-6)66(82-74)32-58-38(10)46(18-2)62(78-58)35-61(45)77-57)55-29-25-27-53-54-28-26-30-56(70(54)69(53)55)72-75-43(15)51(23-7)67(83-75)33-59-39(11)47(19-3)63(79-59)36-64-48(20-4)40(12)60(80-64)34-68-52(24-8)44(16)76(72)84-68;;/h25-36H,17-24H2,1-16H3;;/q-4;2*+2. The van der Waals surface area contributed by atoms with Crippen LogP contribution in [-0.4, -0.2) is 19.9 Å². The summed E-state index contributed by atoms with van der Waals surface area (Å²) in [5.74, 6) is 0. The maximum Gasteiger partial charge on any atom is 2.00 e. The van der Waals surface area contributed by atoms with E-state index in [0.29, 0.717) is 0 Å². The molecular formula is C76H76Co2N8. The van der Waals surface area contributed by atoms with Gasteiger partial charge >= 0.3 is 33.6 Å². The molecule has 8 nitrogen and oxygen atoms in total. The van der Waals surface area contributed by atoms with Crippen LogP contribution in [0.4, 0.5) is 0 Å². The van der Waals surface area contributed by atoms with Gasteiger partial charge < -0.3 is 19.9 Å². The molecule has 5 aliphatic rings. The number of rotatable bonds is 10. The van der Waals surface area contributed by atoms with Gasteiger partial charge in [0.15, 0.2) is 0 Å². The predicted molar refractivity (Wildman–Crippen MR) is 354 cm³/mol. The van der Waals surface area contributed by atoms with Gasteiger partial charge in [-0.05, 0) is 196 Å². The van der Waals surface area contributed by atoms with E-state index in [1.165, 1.54) is 111 Å². The van der Waals surface area contributed by atoms with Crippen LogP contribution in [0, 0.1) is 27.7 Å². The van der Waals surface area contributed by atoms with Crippen molar-refractivity contribution in [3.63, 3.8) is 0 Å². The molecular weight excluding hydrogens is 1140 g/mol. The van der Waals surface area contributed by atoms with Crippen molar-refractivity contribution in [2.24, 2.45) is 0 Å². The van der Waals surface area contributed by atoms with Crippen LogP contribution in [0.25, 0.3) is 133 Å². The second kappa shape index (κ2) is 23.1. The fourth-order valence-corrected chi connectivity index (χ4v) is 15.0. The smallest absolute Gasteiger partial charge is 0.657 e. The Hall–Kier alpha value is -7.35. The first-order valence-corrected chi connectivity index (χ1v) is 31.0. The van der Waals surface area contributed by atoms with Crippen LogP contribution in [-0.2, 0) is 59.2 Å². The first kappa shape index (κ1) is 60.3. The fourth-order valence-electron chi connectivity index (χ4n) is 15.0. The fraction of sp³-hybridized carbons (Fsp3) is 0.316. The molecule has 4 aliphatic heterocycles. The summed E-state index contributed by atoms with van der Waals surface area (Å²) < 4.78 is 0. The SMILES string of the molecule is CCC1=C(C)c2cc3[n-]c(c(C)c3CC)c(-c3cccc4c3-c3c-4cccc3-c3c4nc(cc5[n-]c(cc6nc(cc7[n-]c3c(C)c7CC)C(C)=C6CC)c(CC)c5C)C(CC)=C4C)c3nc(cc4[n-]c(cc1n2)c(CC)c4C)C(CC)=C3C.[Co+2].[Co+2]. The largest absolute Gasteiger partial charge is 2.00 e. The third-order valence-electron chi connectivity index (χ3n) is 19.6. The summed E-state index contributed by atoms with van der Waals surface area (Å²) in [5, 5.41) is 0. The van der Waals surface area contributed by atoms with Crippen LogP contribution in [0.5, 0.6) is 0 Å². The van der Waals surface area contributed by atoms with Gasteiger partial charge in [0.25, 0.3) is 0 Å². The zero-order chi connectivity index (χ0) is 58.9. The molecule has 10 heteroatoms. The molecule has 0 unspecified atom stereocenters. The van der Waals surface area contributed by atoms with Gasteiger partial charge in [0.05, 0.1) is 45.6 Å². The molecule has 0 saturated heterocycles. The molecule has 0 fully saturated rings. The van der Waals surface area contributed by atoms with Crippen LogP contribution >= 0.6 is 0 Å². The van der Waals surface area contributed by atoms with Crippen molar-refractivity contribution in [1.29, 1.82) is 0 Å². The molecule has 6 aromatic heterocycles. The summed E-state index contributed by atoms with van der Waals surface area (Å²) in [4.78, 5) is 44.9. The molecule has 86 heavy (non-hydrogen) atoms. The van der Waals surface area contributed by atoms with E-state index in [4.69, 9.17) is 39.9 Å². The summed E-state index contributed by atoms with van der Waals surface area (Å²) in [6.45, 7) is 35.9. The Morgan fingerprint density at radius 2 is 0.581 bits per heavy atom. The number of nitrogens with zero attached hydrogens (tertiary/aromatic N) is 8. The minimum Gasteiger partial charge on any atom is -0.657 e. The van der Waals surface area contributed by atoms with Gasteiger partial charge in [-0.3, -0.25) is 0 Å². The minimum absolute atomic E-state index is 0. The number of benzene rings is 2. The second-order valence-corrected chi connectivity index (χ2v) is 23.6. The van der Waals surface area contributed by atoms with E-state index in [9.17, 15) is 0 Å². The van der Waals surface area contributed by atoms with Crippen LogP contribution < -0.4 is 19.9 Å². The Bertz CT molecular complexity index is 4430. The average molecular weight is 1220 g/mol. The summed E-state index contributed by atoms with van der Waals surface area (Å²) in [5.41, 5.74) is 44.0. The van der Waals surface area contributed by atoms with Crippen molar-refractivity contribution >= 4 is 88.7 Å². The van der Waals surface area contributed by atoms with E-state index in [2.05, 4.69) is 184 Å². The molecule has 0 saturated carbocycles. The van der Waals surface area contributed by atoms with Gasteiger partial charge in [-0.15, -0.1) is 44.1 Å². The quantitative estimate of drug-likeness (QED) is 0.133. The maximum atomic E-state index is 5.81. The van der Waals surface area contributed by atoms with E-state index in [1.807, 2.05) is 0 Å². The van der Waals surface area contributed by atoms with Gasteiger partial charge in [-0.25, -0.2) is 19.9 Å². The van der Waals surface area contributed by atoms with Crippen molar-refractivity contribution in [2.75, 3.05) is 0 Å². The number of fused-ring (bicyclic) bond motifs is 20. The molecule has 0 spiro atoms. The molecule has 0 amide bonds. The maximum absolute atomic E-state index is 5.81. The van der Waals surface area contributed by atoms with Crippen LogP contribution in [0.15, 0.2) is 72.8 Å². The van der Waals surface area contributed by atoms with Crippen LogP contribution in [0.3, 0.4) is 0 Å². The van der Waals surface area contributed by atoms with E-state index in [1.54, 1.807) is 0 Å². The average Bonchev–Trinajstić information content (AvgIpc) is 1.75. The van der Waals surface area contributed by atoms with E-state index >= 15 is 0 Å². The van der Waals surface area contributed by atoms with Gasteiger partial charge in [0, 0.05) is 0 Å². The molecule has 1 aliphatic carbocycles. The Morgan fingerprint density at radius 1 is 0.291 bits per heavy atom. The second-order valence-electron chi connectivity index (χ2n) is 23.6. The summed E-state index contributed by atoms with van der Waals surface area (Å²) >= 11 is 0. The molecule has 2 radical (unpaired) electrons. The third-order valence-corrected chi connectivity index (χ3v) is 19.6. The zero-order valence-corrected chi connectivity index (χ0v) is 54.9. The first-order valence-electron chi connectivity index (χ1n) is 31.0. The Kier molecular flexibility index (Phi) is 16.2. The predicted octanol–water partition coefficient (Wildman–Crippen LogP) is 19.3. The van der Waals surface area contributed by atoms with Crippen molar-refractivity contribution in [1.82, 2.24) is 39.9 Å². The van der Waals surface area contributed by atoms with E-state index in [0.717, 1.165) is 163 Å². The molecule has 0 N–H and O–H groups in total. The Morgan fingerprint density at radius 3 is 0.930 bits per heavy atom. The van der Waals surface area contributed by atoms with Gasteiger partial charge in [0.1, 0.15) is 0 Å². The number of hydrogen-bond donors (Lipinski definition) is 0. The van der Waals surface area contributed by atoms with Gasteiger partial charge in [0.2, 0.25) is 0 Å². The topological polar surface area (TPSA) is 108 Å². The molecule has 13 rings (SSSR count). The summed E-state index contributed by atoms with van der Waals surface area (Å²) in [6, 6.07) is 27.1. The summed E-state index contributed by atoms with van der Waals surface area (Å²) in [7, 11) is 0. The molecule has 0 atom stereocenters. The Balaban J connectivity index is 0.00000384. The van der Waals surface area contributed by atoms with Crippen molar-refractivity contribution < 1.29 is 33.6 Å². The summed E-state index contributed by atoms with van der Waals surface area (Å²) in [6.07, 6.45) is 6.77. The normalized spacial score (nSPS) is 13.6. The zero-order valence-electron chi connectivity index (χ0n) is 52.8. The number of aromatic nitrogens is 8. The molecule has 16 bridgehead atoms.